The highest BCUT2D eigenvalue weighted by molar-refractivity contribution is 5.97. The topological polar surface area (TPSA) is 88.9 Å². The number of benzene rings is 1. The van der Waals surface area contributed by atoms with E-state index in [1.807, 2.05) is 29.7 Å². The van der Waals surface area contributed by atoms with E-state index in [0.29, 0.717) is 30.8 Å². The molecule has 0 bridgehead atoms. The maximum absolute atomic E-state index is 12.4. The second-order valence-corrected chi connectivity index (χ2v) is 6.13. The van der Waals surface area contributed by atoms with E-state index in [0.717, 1.165) is 11.4 Å². The van der Waals surface area contributed by atoms with Gasteiger partial charge in [0, 0.05) is 42.3 Å². The third kappa shape index (κ3) is 5.50. The lowest BCUT2D eigenvalue weighted by Gasteiger charge is -2.09. The summed E-state index contributed by atoms with van der Waals surface area (Å²) in [7, 11) is 0. The lowest BCUT2D eigenvalue weighted by atomic mass is 10.2. The molecule has 0 fully saturated rings. The van der Waals surface area contributed by atoms with Gasteiger partial charge in [0.25, 0.3) is 5.91 Å². The molecule has 2 heterocycles. The SMILES string of the molecule is Cc1cccc(CNC(=O)c2cccc(NC(=O)CCn3ccnc3)c2)n1. The summed E-state index contributed by atoms with van der Waals surface area (Å²) in [6.07, 6.45) is 5.47. The first-order valence-corrected chi connectivity index (χ1v) is 8.66. The van der Waals surface area contributed by atoms with Crippen LogP contribution in [0.5, 0.6) is 0 Å². The molecule has 3 rings (SSSR count). The summed E-state index contributed by atoms with van der Waals surface area (Å²) in [5.74, 6) is -0.335. The quantitative estimate of drug-likeness (QED) is 0.675. The molecule has 0 radical (unpaired) electrons. The molecule has 7 heteroatoms. The highest BCUT2D eigenvalue weighted by Crippen LogP contribution is 2.11. The summed E-state index contributed by atoms with van der Waals surface area (Å²) in [5, 5.41) is 5.66. The molecule has 0 aliphatic heterocycles. The molecule has 1 aromatic carbocycles. The number of hydrogen-bond donors (Lipinski definition) is 2. The minimum absolute atomic E-state index is 0.120. The van der Waals surface area contributed by atoms with Gasteiger partial charge in [0.1, 0.15) is 0 Å². The zero-order chi connectivity index (χ0) is 19.1. The fourth-order valence-electron chi connectivity index (χ4n) is 2.58. The minimum atomic E-state index is -0.215. The standard InChI is InChI=1S/C20H21N5O2/c1-15-4-2-7-18(23-15)13-22-20(27)16-5-3-6-17(12-16)24-19(26)8-10-25-11-9-21-14-25/h2-7,9,11-12,14H,8,10,13H2,1H3,(H,22,27)(H,24,26). The molecule has 0 saturated heterocycles. The van der Waals surface area contributed by atoms with Gasteiger partial charge >= 0.3 is 0 Å². The van der Waals surface area contributed by atoms with Gasteiger partial charge in [-0.3, -0.25) is 14.6 Å². The van der Waals surface area contributed by atoms with Gasteiger partial charge in [-0.2, -0.15) is 0 Å². The number of amides is 2. The average Bonchev–Trinajstić information content (AvgIpc) is 3.18. The number of aryl methyl sites for hydroxylation is 2. The van der Waals surface area contributed by atoms with Crippen molar-refractivity contribution in [2.24, 2.45) is 0 Å². The predicted octanol–water partition coefficient (Wildman–Crippen LogP) is 2.55. The first-order chi connectivity index (χ1) is 13.1. The van der Waals surface area contributed by atoms with Crippen molar-refractivity contribution in [3.63, 3.8) is 0 Å². The molecule has 0 unspecified atom stereocenters. The summed E-state index contributed by atoms with van der Waals surface area (Å²) in [6, 6.07) is 12.5. The molecule has 0 aliphatic rings. The number of carbonyl (C=O) groups is 2. The van der Waals surface area contributed by atoms with Crippen LogP contribution in [-0.4, -0.2) is 26.3 Å². The van der Waals surface area contributed by atoms with Crippen molar-refractivity contribution >= 4 is 17.5 Å². The van der Waals surface area contributed by atoms with Crippen molar-refractivity contribution in [3.05, 3.63) is 78.1 Å². The number of hydrogen-bond acceptors (Lipinski definition) is 4. The maximum Gasteiger partial charge on any atom is 0.251 e. The van der Waals surface area contributed by atoms with Crippen LogP contribution in [0.2, 0.25) is 0 Å². The second kappa shape index (κ2) is 8.75. The van der Waals surface area contributed by atoms with Gasteiger partial charge in [0.05, 0.1) is 18.6 Å². The zero-order valence-electron chi connectivity index (χ0n) is 15.1. The summed E-state index contributed by atoms with van der Waals surface area (Å²) in [5.41, 5.74) is 2.77. The smallest absolute Gasteiger partial charge is 0.251 e. The van der Waals surface area contributed by atoms with Crippen LogP contribution in [0.3, 0.4) is 0 Å². The number of imidazole rings is 1. The van der Waals surface area contributed by atoms with Gasteiger partial charge in [-0.15, -0.1) is 0 Å². The number of aromatic nitrogens is 3. The third-order valence-electron chi connectivity index (χ3n) is 3.94. The zero-order valence-corrected chi connectivity index (χ0v) is 15.1. The Morgan fingerprint density at radius 3 is 2.78 bits per heavy atom. The van der Waals surface area contributed by atoms with Gasteiger partial charge in [-0.05, 0) is 37.3 Å². The van der Waals surface area contributed by atoms with E-state index in [-0.39, 0.29) is 11.8 Å². The Balaban J connectivity index is 1.54. The summed E-state index contributed by atoms with van der Waals surface area (Å²) in [4.78, 5) is 32.7. The third-order valence-corrected chi connectivity index (χ3v) is 3.94. The van der Waals surface area contributed by atoms with Crippen LogP contribution < -0.4 is 10.6 Å². The Morgan fingerprint density at radius 2 is 2.00 bits per heavy atom. The van der Waals surface area contributed by atoms with Crippen molar-refractivity contribution in [2.45, 2.75) is 26.4 Å². The Bertz CT molecular complexity index is 922. The van der Waals surface area contributed by atoms with Gasteiger partial charge in [-0.1, -0.05) is 12.1 Å². The van der Waals surface area contributed by atoms with Crippen LogP contribution in [-0.2, 0) is 17.9 Å². The normalized spacial score (nSPS) is 10.4. The minimum Gasteiger partial charge on any atom is -0.346 e. The summed E-state index contributed by atoms with van der Waals surface area (Å²) in [6.45, 7) is 2.81. The van der Waals surface area contributed by atoms with Crippen LogP contribution in [0.15, 0.2) is 61.2 Å². The molecule has 2 N–H and O–H groups in total. The first kappa shape index (κ1) is 18.3. The molecule has 0 aliphatic carbocycles. The Kier molecular flexibility index (Phi) is 5.94. The number of rotatable bonds is 7. The van der Waals surface area contributed by atoms with E-state index >= 15 is 0 Å². The van der Waals surface area contributed by atoms with Crippen LogP contribution >= 0.6 is 0 Å². The van der Waals surface area contributed by atoms with E-state index in [4.69, 9.17) is 0 Å². The molecule has 138 valence electrons. The number of pyridine rings is 1. The average molecular weight is 363 g/mol. The molecule has 3 aromatic rings. The molecule has 7 nitrogen and oxygen atoms in total. The maximum atomic E-state index is 12.4. The van der Waals surface area contributed by atoms with Crippen molar-refractivity contribution in [2.75, 3.05) is 5.32 Å². The van der Waals surface area contributed by atoms with Crippen molar-refractivity contribution in [3.8, 4) is 0 Å². The van der Waals surface area contributed by atoms with Crippen LogP contribution in [0, 0.1) is 6.92 Å². The highest BCUT2D eigenvalue weighted by atomic mass is 16.2. The molecule has 2 aromatic heterocycles. The van der Waals surface area contributed by atoms with Crippen LogP contribution in [0.4, 0.5) is 5.69 Å². The molecule has 27 heavy (non-hydrogen) atoms. The lowest BCUT2D eigenvalue weighted by Crippen LogP contribution is -2.23. The van der Waals surface area contributed by atoms with Crippen LogP contribution in [0.25, 0.3) is 0 Å². The Morgan fingerprint density at radius 1 is 1.15 bits per heavy atom. The molecule has 2 amide bonds. The summed E-state index contributed by atoms with van der Waals surface area (Å²) >= 11 is 0. The molecule has 0 saturated carbocycles. The van der Waals surface area contributed by atoms with E-state index in [1.165, 1.54) is 0 Å². The van der Waals surface area contributed by atoms with E-state index in [9.17, 15) is 9.59 Å². The largest absolute Gasteiger partial charge is 0.346 e. The van der Waals surface area contributed by atoms with Crippen molar-refractivity contribution < 1.29 is 9.59 Å². The lowest BCUT2D eigenvalue weighted by molar-refractivity contribution is -0.116. The summed E-state index contributed by atoms with van der Waals surface area (Å²) < 4.78 is 1.84. The Hall–Kier alpha value is -3.48. The fourth-order valence-corrected chi connectivity index (χ4v) is 2.58. The number of anilines is 1. The van der Waals surface area contributed by atoms with Crippen molar-refractivity contribution in [1.29, 1.82) is 0 Å². The second-order valence-electron chi connectivity index (χ2n) is 6.13. The van der Waals surface area contributed by atoms with Crippen LogP contribution in [0.1, 0.15) is 28.2 Å². The van der Waals surface area contributed by atoms with E-state index in [2.05, 4.69) is 20.6 Å². The molecule has 0 atom stereocenters. The van der Waals surface area contributed by atoms with Gasteiger partial charge < -0.3 is 15.2 Å². The van der Waals surface area contributed by atoms with E-state index in [1.54, 1.807) is 43.0 Å². The van der Waals surface area contributed by atoms with Gasteiger partial charge in [0.2, 0.25) is 5.91 Å². The molecule has 0 spiro atoms. The molecular formula is C20H21N5O2. The predicted molar refractivity (Wildman–Crippen MR) is 102 cm³/mol. The number of nitrogens with zero attached hydrogens (tertiary/aromatic N) is 3. The highest BCUT2D eigenvalue weighted by Gasteiger charge is 2.08. The monoisotopic (exact) mass is 363 g/mol. The van der Waals surface area contributed by atoms with Gasteiger partial charge in [0.15, 0.2) is 0 Å². The number of nitrogens with one attached hydrogen (secondary N) is 2. The Labute approximate surface area is 157 Å². The van der Waals surface area contributed by atoms with Crippen molar-refractivity contribution in [1.82, 2.24) is 19.9 Å². The van der Waals surface area contributed by atoms with Gasteiger partial charge in [-0.25, -0.2) is 4.98 Å². The fraction of sp³-hybridized carbons (Fsp3) is 0.200. The molecular weight excluding hydrogens is 342 g/mol. The first-order valence-electron chi connectivity index (χ1n) is 8.66. The number of carbonyl (C=O) groups excluding carboxylic acids is 2. The van der Waals surface area contributed by atoms with E-state index < -0.39 is 0 Å².